The van der Waals surface area contributed by atoms with Gasteiger partial charge in [-0.15, -0.1) is 0 Å². The van der Waals surface area contributed by atoms with Gasteiger partial charge in [0.05, 0.1) is 0 Å². The van der Waals surface area contributed by atoms with Crippen LogP contribution in [0.2, 0.25) is 5.02 Å². The molecule has 0 bridgehead atoms. The summed E-state index contributed by atoms with van der Waals surface area (Å²) in [6.07, 6.45) is 0. The molecule has 0 aliphatic heterocycles. The minimum Gasteiger partial charge on any atom is -0.384 e. The van der Waals surface area contributed by atoms with E-state index in [4.69, 9.17) is 11.6 Å². The summed E-state index contributed by atoms with van der Waals surface area (Å²) in [7, 11) is 0. The first kappa shape index (κ1) is 13.7. The number of anilines is 1. The predicted octanol–water partition coefficient (Wildman–Crippen LogP) is 4.53. The van der Waals surface area contributed by atoms with E-state index in [1.807, 2.05) is 36.0 Å². The zero-order chi connectivity index (χ0) is 12.0. The number of thioether (sulfide) groups is 1. The Bertz CT molecular complexity index is 315. The topological polar surface area (TPSA) is 12.0 Å². The van der Waals surface area contributed by atoms with Gasteiger partial charge in [0, 0.05) is 28.3 Å². The van der Waals surface area contributed by atoms with Gasteiger partial charge in [0.2, 0.25) is 0 Å². The summed E-state index contributed by atoms with van der Waals surface area (Å²) in [5.41, 5.74) is 1.10. The fourth-order valence-electron chi connectivity index (χ4n) is 1.23. The zero-order valence-electron chi connectivity index (χ0n) is 10.2. The van der Waals surface area contributed by atoms with Gasteiger partial charge in [0.1, 0.15) is 0 Å². The first-order valence-electron chi connectivity index (χ1n) is 5.70. The maximum Gasteiger partial charge on any atom is 0.0426 e. The van der Waals surface area contributed by atoms with Crippen LogP contribution in [-0.2, 0) is 0 Å². The van der Waals surface area contributed by atoms with Crippen LogP contribution in [0, 0.1) is 5.92 Å². The molecule has 0 saturated heterocycles. The fourth-order valence-corrected chi connectivity index (χ4v) is 2.40. The quantitative estimate of drug-likeness (QED) is 0.752. The van der Waals surface area contributed by atoms with Crippen LogP contribution >= 0.6 is 23.4 Å². The lowest BCUT2D eigenvalue weighted by Gasteiger charge is -2.15. The monoisotopic (exact) mass is 257 g/mol. The molecule has 1 N–H and O–H groups in total. The van der Waals surface area contributed by atoms with Crippen LogP contribution < -0.4 is 5.32 Å². The van der Waals surface area contributed by atoms with E-state index in [1.165, 1.54) is 0 Å². The molecule has 0 saturated carbocycles. The van der Waals surface area contributed by atoms with Crippen molar-refractivity contribution in [2.45, 2.75) is 26.0 Å². The summed E-state index contributed by atoms with van der Waals surface area (Å²) in [5, 5.41) is 4.88. The third-order valence-corrected chi connectivity index (χ3v) is 4.32. The van der Waals surface area contributed by atoms with Crippen molar-refractivity contribution in [3.63, 3.8) is 0 Å². The second-order valence-corrected chi connectivity index (χ2v) is 6.18. The van der Waals surface area contributed by atoms with Crippen LogP contribution in [0.5, 0.6) is 0 Å². The first-order chi connectivity index (χ1) is 7.59. The van der Waals surface area contributed by atoms with Gasteiger partial charge in [-0.25, -0.2) is 0 Å². The third kappa shape index (κ3) is 5.13. The second kappa shape index (κ2) is 7.08. The number of hydrogen-bond donors (Lipinski definition) is 1. The molecule has 1 atom stereocenters. The second-order valence-electron chi connectivity index (χ2n) is 4.26. The zero-order valence-corrected chi connectivity index (χ0v) is 11.7. The Morgan fingerprint density at radius 1 is 1.31 bits per heavy atom. The lowest BCUT2D eigenvalue weighted by Crippen LogP contribution is -2.11. The molecule has 0 aromatic heterocycles. The van der Waals surface area contributed by atoms with E-state index in [0.717, 1.165) is 34.2 Å². The standard InChI is InChI=1S/C13H20ClNS/c1-10(2)11(3)16-8-7-15-13-6-4-5-12(14)9-13/h4-6,9-11,15H,7-8H2,1-3H3. The number of benzene rings is 1. The van der Waals surface area contributed by atoms with E-state index in [1.54, 1.807) is 0 Å². The maximum atomic E-state index is 5.90. The van der Waals surface area contributed by atoms with E-state index in [0.29, 0.717) is 0 Å². The van der Waals surface area contributed by atoms with Gasteiger partial charge in [-0.2, -0.15) is 11.8 Å². The molecular formula is C13H20ClNS. The summed E-state index contributed by atoms with van der Waals surface area (Å²) >= 11 is 7.92. The molecule has 90 valence electrons. The van der Waals surface area contributed by atoms with Crippen LogP contribution in [0.15, 0.2) is 24.3 Å². The lowest BCUT2D eigenvalue weighted by molar-refractivity contribution is 0.642. The molecule has 0 heterocycles. The molecule has 3 heteroatoms. The van der Waals surface area contributed by atoms with Crippen LogP contribution in [0.3, 0.4) is 0 Å². The Morgan fingerprint density at radius 3 is 2.69 bits per heavy atom. The minimum atomic E-state index is 0.723. The van der Waals surface area contributed by atoms with Crippen molar-refractivity contribution in [3.05, 3.63) is 29.3 Å². The highest BCUT2D eigenvalue weighted by molar-refractivity contribution is 7.99. The average molecular weight is 258 g/mol. The van der Waals surface area contributed by atoms with E-state index >= 15 is 0 Å². The van der Waals surface area contributed by atoms with Gasteiger partial charge in [-0.1, -0.05) is 38.4 Å². The van der Waals surface area contributed by atoms with Crippen LogP contribution in [0.1, 0.15) is 20.8 Å². The van der Waals surface area contributed by atoms with Crippen molar-refractivity contribution in [2.75, 3.05) is 17.6 Å². The fraction of sp³-hybridized carbons (Fsp3) is 0.538. The predicted molar refractivity (Wildman–Crippen MR) is 76.7 cm³/mol. The molecule has 1 aromatic carbocycles. The van der Waals surface area contributed by atoms with Crippen molar-refractivity contribution >= 4 is 29.1 Å². The molecule has 16 heavy (non-hydrogen) atoms. The summed E-state index contributed by atoms with van der Waals surface area (Å²) in [5.74, 6) is 1.88. The Hall–Kier alpha value is -0.340. The summed E-state index contributed by atoms with van der Waals surface area (Å²) < 4.78 is 0. The van der Waals surface area contributed by atoms with Crippen molar-refractivity contribution in [2.24, 2.45) is 5.92 Å². The maximum absolute atomic E-state index is 5.90. The molecule has 0 radical (unpaired) electrons. The normalized spacial score (nSPS) is 12.8. The van der Waals surface area contributed by atoms with Crippen LogP contribution in [0.4, 0.5) is 5.69 Å². The molecule has 1 nitrogen and oxygen atoms in total. The van der Waals surface area contributed by atoms with Gasteiger partial charge in [0.15, 0.2) is 0 Å². The molecule has 0 aliphatic carbocycles. The van der Waals surface area contributed by atoms with E-state index in [9.17, 15) is 0 Å². The van der Waals surface area contributed by atoms with Gasteiger partial charge in [0.25, 0.3) is 0 Å². The van der Waals surface area contributed by atoms with E-state index in [-0.39, 0.29) is 0 Å². The minimum absolute atomic E-state index is 0.723. The number of nitrogens with one attached hydrogen (secondary N) is 1. The molecule has 1 aromatic rings. The highest BCUT2D eigenvalue weighted by Crippen LogP contribution is 2.19. The van der Waals surface area contributed by atoms with Gasteiger partial charge in [-0.3, -0.25) is 0 Å². The highest BCUT2D eigenvalue weighted by atomic mass is 35.5. The molecule has 0 spiro atoms. The lowest BCUT2D eigenvalue weighted by atomic mass is 10.2. The van der Waals surface area contributed by atoms with Crippen molar-refractivity contribution < 1.29 is 0 Å². The van der Waals surface area contributed by atoms with Crippen molar-refractivity contribution in [1.29, 1.82) is 0 Å². The molecular weight excluding hydrogens is 238 g/mol. The average Bonchev–Trinajstić information content (AvgIpc) is 2.24. The Kier molecular flexibility index (Phi) is 6.07. The SMILES string of the molecule is CC(C)C(C)SCCNc1cccc(Cl)c1. The molecule has 1 unspecified atom stereocenters. The number of halogens is 1. The molecule has 0 aliphatic rings. The Labute approximate surface area is 108 Å². The molecule has 1 rings (SSSR count). The Balaban J connectivity index is 2.21. The molecule has 0 fully saturated rings. The van der Waals surface area contributed by atoms with Crippen molar-refractivity contribution in [1.82, 2.24) is 0 Å². The molecule has 0 amide bonds. The van der Waals surface area contributed by atoms with Crippen LogP contribution in [-0.4, -0.2) is 17.5 Å². The van der Waals surface area contributed by atoms with Crippen LogP contribution in [0.25, 0.3) is 0 Å². The van der Waals surface area contributed by atoms with Gasteiger partial charge in [-0.05, 0) is 24.1 Å². The summed E-state index contributed by atoms with van der Waals surface area (Å²) in [6, 6.07) is 7.86. The summed E-state index contributed by atoms with van der Waals surface area (Å²) in [6.45, 7) is 7.81. The van der Waals surface area contributed by atoms with Gasteiger partial charge >= 0.3 is 0 Å². The Morgan fingerprint density at radius 2 is 2.06 bits per heavy atom. The largest absolute Gasteiger partial charge is 0.384 e. The van der Waals surface area contributed by atoms with Gasteiger partial charge < -0.3 is 5.32 Å². The smallest absolute Gasteiger partial charge is 0.0426 e. The van der Waals surface area contributed by atoms with E-state index in [2.05, 4.69) is 26.1 Å². The highest BCUT2D eigenvalue weighted by Gasteiger charge is 2.06. The van der Waals surface area contributed by atoms with E-state index < -0.39 is 0 Å². The third-order valence-electron chi connectivity index (χ3n) is 2.58. The number of hydrogen-bond acceptors (Lipinski definition) is 2. The first-order valence-corrected chi connectivity index (χ1v) is 7.13. The number of rotatable bonds is 6. The summed E-state index contributed by atoms with van der Waals surface area (Å²) in [4.78, 5) is 0. The van der Waals surface area contributed by atoms with Crippen molar-refractivity contribution in [3.8, 4) is 0 Å².